The van der Waals surface area contributed by atoms with Crippen LogP contribution in [0.15, 0.2) is 218 Å². The average Bonchev–Trinajstić information content (AvgIpc) is 3.39. The van der Waals surface area contributed by atoms with Gasteiger partial charge in [-0.15, -0.1) is 0 Å². The van der Waals surface area contributed by atoms with Crippen molar-refractivity contribution in [2.45, 2.75) is 26.2 Å². The third-order valence-corrected chi connectivity index (χ3v) is 12.4. The summed E-state index contributed by atoms with van der Waals surface area (Å²) >= 11 is 0. The zero-order valence-corrected chi connectivity index (χ0v) is 39.0. The predicted octanol–water partition coefficient (Wildman–Crippen LogP) is 12.3. The minimum absolute atomic E-state index is 0.000593. The maximum absolute atomic E-state index is 15.0. The summed E-state index contributed by atoms with van der Waals surface area (Å²) in [7, 11) is 0. The minimum atomic E-state index is -1.65. The summed E-state index contributed by atoms with van der Waals surface area (Å²) in [6.45, 7) is 0.00237. The van der Waals surface area contributed by atoms with Gasteiger partial charge in [0.25, 0.3) is 0 Å². The molecule has 0 unspecified atom stereocenters. The molecule has 0 radical (unpaired) electrons. The van der Waals surface area contributed by atoms with E-state index in [4.69, 9.17) is 18.9 Å². The van der Waals surface area contributed by atoms with Crippen molar-refractivity contribution in [1.82, 2.24) is 9.80 Å². The van der Waals surface area contributed by atoms with Crippen LogP contribution in [0.1, 0.15) is 22.3 Å². The molecule has 12 nitrogen and oxygen atoms in total. The van der Waals surface area contributed by atoms with E-state index in [-0.39, 0.29) is 26.2 Å². The Bertz CT molecular complexity index is 2670. The van der Waals surface area contributed by atoms with Gasteiger partial charge in [-0.3, -0.25) is 19.2 Å². The molecule has 0 bridgehead atoms. The highest BCUT2D eigenvalue weighted by Gasteiger charge is 2.65. The lowest BCUT2D eigenvalue weighted by molar-refractivity contribution is -0.188. The van der Waals surface area contributed by atoms with E-state index < -0.39 is 47.4 Å². The van der Waals surface area contributed by atoms with Crippen LogP contribution < -0.4 is 18.9 Å². The van der Waals surface area contributed by atoms with Gasteiger partial charge in [-0.2, -0.15) is 0 Å². The fourth-order valence-electron chi connectivity index (χ4n) is 8.85. The fourth-order valence-corrected chi connectivity index (χ4v) is 8.85. The number of carbonyl (C=O) groups excluding carboxylic acids is 2. The standard InChI is InChI=1S/C60H50N2O10/c63-57(61(37-41-21-29-49(30-22-41)69-45-13-5-1-6-14-45)38-42-23-31-50(32-24-42)70-46-15-7-2-8-16-46)53-55(59(65)66)54(56(53)60(67)68)58(64)62(39-43-25-33-51(34-26-43)71-47-17-9-3-10-18-47)40-44-27-35-52(36-28-44)72-48-19-11-4-12-20-48/h1-36,53-56H,37-40H2,(H,65,66)(H,67,68)/t53-,54-,55-,56-. The number of hydrogen-bond donors (Lipinski definition) is 2. The lowest BCUT2D eigenvalue weighted by Gasteiger charge is -2.48. The van der Waals surface area contributed by atoms with E-state index in [0.29, 0.717) is 68.2 Å². The van der Waals surface area contributed by atoms with Crippen molar-refractivity contribution in [2.24, 2.45) is 23.7 Å². The number of carboxylic acid groups (broad SMARTS) is 2. The molecule has 0 saturated heterocycles. The largest absolute Gasteiger partial charge is 0.481 e. The Morgan fingerprint density at radius 2 is 0.486 bits per heavy atom. The lowest BCUT2D eigenvalue weighted by atomic mass is 9.55. The van der Waals surface area contributed by atoms with Crippen molar-refractivity contribution in [3.05, 3.63) is 241 Å². The maximum Gasteiger partial charge on any atom is 0.308 e. The maximum atomic E-state index is 15.0. The third-order valence-electron chi connectivity index (χ3n) is 12.4. The molecule has 0 spiro atoms. The Kier molecular flexibility index (Phi) is 15.0. The third kappa shape index (κ3) is 12.0. The summed E-state index contributed by atoms with van der Waals surface area (Å²) in [5.74, 6) is -5.91. The van der Waals surface area contributed by atoms with Gasteiger partial charge in [0.1, 0.15) is 46.0 Å². The van der Waals surface area contributed by atoms with Crippen LogP contribution in [0.5, 0.6) is 46.0 Å². The topological polar surface area (TPSA) is 152 Å². The van der Waals surface area contributed by atoms with Crippen LogP contribution in [0.2, 0.25) is 0 Å². The minimum Gasteiger partial charge on any atom is -0.481 e. The number of ether oxygens (including phenoxy) is 4. The van der Waals surface area contributed by atoms with E-state index >= 15 is 9.59 Å². The van der Waals surface area contributed by atoms with Gasteiger partial charge >= 0.3 is 11.9 Å². The Morgan fingerprint density at radius 3 is 0.681 bits per heavy atom. The molecule has 360 valence electrons. The van der Waals surface area contributed by atoms with Gasteiger partial charge in [-0.25, -0.2) is 0 Å². The molecule has 0 heterocycles. The van der Waals surface area contributed by atoms with Gasteiger partial charge in [0.2, 0.25) is 11.8 Å². The van der Waals surface area contributed by atoms with E-state index in [2.05, 4.69) is 0 Å². The van der Waals surface area contributed by atoms with Crippen LogP contribution in [0.3, 0.4) is 0 Å². The summed E-state index contributed by atoms with van der Waals surface area (Å²) in [6, 6.07) is 65.6. The van der Waals surface area contributed by atoms with Gasteiger partial charge in [0.05, 0.1) is 23.7 Å². The Labute approximate surface area is 416 Å². The first-order valence-corrected chi connectivity index (χ1v) is 23.4. The number of carbonyl (C=O) groups is 4. The summed E-state index contributed by atoms with van der Waals surface area (Å²) in [5.41, 5.74) is 2.74. The fraction of sp³-hybridized carbons (Fsp3) is 0.133. The van der Waals surface area contributed by atoms with Gasteiger partial charge in [0.15, 0.2) is 0 Å². The summed E-state index contributed by atoms with van der Waals surface area (Å²) in [6.07, 6.45) is 0. The molecule has 9 rings (SSSR count). The molecule has 72 heavy (non-hydrogen) atoms. The quantitative estimate of drug-likeness (QED) is 0.0755. The molecule has 1 fully saturated rings. The molecule has 0 aromatic heterocycles. The second kappa shape index (κ2) is 22.5. The highest BCUT2D eigenvalue weighted by Crippen LogP contribution is 2.49. The Hall–Kier alpha value is -9.16. The number of para-hydroxylation sites is 4. The van der Waals surface area contributed by atoms with E-state index in [0.717, 1.165) is 0 Å². The van der Waals surface area contributed by atoms with Crippen LogP contribution >= 0.6 is 0 Å². The molecule has 8 aromatic rings. The Morgan fingerprint density at radius 1 is 0.292 bits per heavy atom. The van der Waals surface area contributed by atoms with Crippen molar-refractivity contribution in [1.29, 1.82) is 0 Å². The number of amides is 2. The van der Waals surface area contributed by atoms with Gasteiger partial charge in [-0.05, 0) is 119 Å². The second-order valence-electron chi connectivity index (χ2n) is 17.4. The number of carboxylic acids is 2. The molecule has 0 aliphatic heterocycles. The highest BCUT2D eigenvalue weighted by atomic mass is 16.5. The molecule has 12 heteroatoms. The predicted molar refractivity (Wildman–Crippen MR) is 270 cm³/mol. The van der Waals surface area contributed by atoms with Crippen LogP contribution in [0, 0.1) is 23.7 Å². The first kappa shape index (κ1) is 47.9. The van der Waals surface area contributed by atoms with Gasteiger partial charge in [0, 0.05) is 26.2 Å². The summed E-state index contributed by atoms with van der Waals surface area (Å²) in [5, 5.41) is 21.8. The van der Waals surface area contributed by atoms with Crippen LogP contribution in [-0.4, -0.2) is 43.8 Å². The number of rotatable bonds is 20. The molecule has 0 atom stereocenters. The molecule has 8 aromatic carbocycles. The SMILES string of the molecule is O=C(O)[C@H]1[C@H](C(=O)N(Cc2ccc(Oc3ccccc3)cc2)Cc2ccc(Oc3ccccc3)cc2)[C@H](C(=O)O)[C@H]1C(=O)N(Cc1ccc(Oc2ccccc2)cc1)Cc1ccc(Oc2ccccc2)cc1. The Balaban J connectivity index is 0.990. The number of aliphatic carboxylic acids is 2. The smallest absolute Gasteiger partial charge is 0.308 e. The molecule has 1 aliphatic rings. The van der Waals surface area contributed by atoms with E-state index in [1.807, 2.05) is 121 Å². The molecular weight excluding hydrogens is 909 g/mol. The molecule has 2 N–H and O–H groups in total. The monoisotopic (exact) mass is 958 g/mol. The van der Waals surface area contributed by atoms with Gasteiger partial charge < -0.3 is 39.0 Å². The number of hydrogen-bond acceptors (Lipinski definition) is 8. The first-order chi connectivity index (χ1) is 35.1. The zero-order valence-electron chi connectivity index (χ0n) is 39.0. The lowest BCUT2D eigenvalue weighted by Crippen LogP contribution is -2.64. The number of nitrogens with zero attached hydrogens (tertiary/aromatic N) is 2. The zero-order chi connectivity index (χ0) is 49.8. The van der Waals surface area contributed by atoms with Crippen molar-refractivity contribution >= 4 is 23.8 Å². The van der Waals surface area contributed by atoms with Crippen molar-refractivity contribution in [3.63, 3.8) is 0 Å². The normalized spacial score (nSPS) is 15.8. The highest BCUT2D eigenvalue weighted by molar-refractivity contribution is 5.99. The molecule has 1 saturated carbocycles. The first-order valence-electron chi connectivity index (χ1n) is 23.4. The molecular formula is C60H50N2O10. The van der Waals surface area contributed by atoms with E-state index in [1.54, 1.807) is 97.1 Å². The van der Waals surface area contributed by atoms with E-state index in [1.165, 1.54) is 9.80 Å². The van der Waals surface area contributed by atoms with Crippen LogP contribution in [-0.2, 0) is 45.4 Å². The number of benzene rings is 8. The average molecular weight is 959 g/mol. The van der Waals surface area contributed by atoms with Crippen molar-refractivity contribution in [2.75, 3.05) is 0 Å². The van der Waals surface area contributed by atoms with Crippen LogP contribution in [0.4, 0.5) is 0 Å². The second-order valence-corrected chi connectivity index (χ2v) is 17.4. The molecule has 1 aliphatic carbocycles. The summed E-state index contributed by atoms with van der Waals surface area (Å²) < 4.78 is 24.0. The van der Waals surface area contributed by atoms with Crippen molar-refractivity contribution < 1.29 is 48.3 Å². The van der Waals surface area contributed by atoms with Crippen molar-refractivity contribution in [3.8, 4) is 46.0 Å². The van der Waals surface area contributed by atoms with E-state index in [9.17, 15) is 19.8 Å². The summed E-state index contributed by atoms with van der Waals surface area (Å²) in [4.78, 5) is 59.8. The van der Waals surface area contributed by atoms with Crippen LogP contribution in [0.25, 0.3) is 0 Å². The van der Waals surface area contributed by atoms with Gasteiger partial charge in [-0.1, -0.05) is 121 Å². The molecule has 2 amide bonds.